The molecule has 4 nitrogen and oxygen atoms in total. The molecule has 0 aromatic heterocycles. The van der Waals surface area contributed by atoms with Crippen LogP contribution in [-0.2, 0) is 10.0 Å². The fourth-order valence-electron chi connectivity index (χ4n) is 1.50. The van der Waals surface area contributed by atoms with E-state index in [2.05, 4.69) is 4.72 Å². The minimum absolute atomic E-state index is 0.110. The van der Waals surface area contributed by atoms with E-state index in [0.717, 1.165) is 18.4 Å². The maximum Gasteiger partial charge on any atom is 0.240 e. The molecule has 0 radical (unpaired) electrons. The Kier molecular flexibility index (Phi) is 5.11. The summed E-state index contributed by atoms with van der Waals surface area (Å²) in [7, 11) is -3.37. The highest BCUT2D eigenvalue weighted by Gasteiger charge is 2.12. The lowest BCUT2D eigenvalue weighted by molar-refractivity contribution is 0.568. The van der Waals surface area contributed by atoms with Crippen molar-refractivity contribution in [3.8, 4) is 0 Å². The van der Waals surface area contributed by atoms with Crippen LogP contribution >= 0.6 is 0 Å². The number of nitrogens with one attached hydrogen (secondary N) is 1. The van der Waals surface area contributed by atoms with Crippen LogP contribution in [0, 0.1) is 6.92 Å². The van der Waals surface area contributed by atoms with E-state index >= 15 is 0 Å². The van der Waals surface area contributed by atoms with Gasteiger partial charge in [0.15, 0.2) is 0 Å². The molecule has 0 amide bonds. The van der Waals surface area contributed by atoms with E-state index in [1.54, 1.807) is 18.2 Å². The molecular formula is C12H20N2O2S. The average Bonchev–Trinajstić information content (AvgIpc) is 2.24. The third kappa shape index (κ3) is 4.85. The Morgan fingerprint density at radius 1 is 1.41 bits per heavy atom. The monoisotopic (exact) mass is 256 g/mol. The van der Waals surface area contributed by atoms with Gasteiger partial charge in [0.1, 0.15) is 0 Å². The molecule has 0 fully saturated rings. The third-order valence-electron chi connectivity index (χ3n) is 2.43. The number of nitrogens with two attached hydrogens (primary N) is 1. The SMILES string of the molecule is Cc1cccc(S(=O)(=O)NCCCC(C)N)c1. The van der Waals surface area contributed by atoms with Gasteiger partial charge in [0.25, 0.3) is 0 Å². The van der Waals surface area contributed by atoms with Gasteiger partial charge in [-0.2, -0.15) is 0 Å². The minimum atomic E-state index is -3.37. The van der Waals surface area contributed by atoms with Crippen LogP contribution in [0.25, 0.3) is 0 Å². The molecule has 1 rings (SSSR count). The summed E-state index contributed by atoms with van der Waals surface area (Å²) >= 11 is 0. The summed E-state index contributed by atoms with van der Waals surface area (Å²) in [5.74, 6) is 0. The van der Waals surface area contributed by atoms with E-state index in [1.165, 1.54) is 0 Å². The van der Waals surface area contributed by atoms with Crippen molar-refractivity contribution >= 4 is 10.0 Å². The number of benzene rings is 1. The number of aryl methyl sites for hydroxylation is 1. The first kappa shape index (κ1) is 14.2. The van der Waals surface area contributed by atoms with Crippen LogP contribution in [0.2, 0.25) is 0 Å². The number of hydrogen-bond donors (Lipinski definition) is 2. The molecule has 96 valence electrons. The van der Waals surface area contributed by atoms with Gasteiger partial charge in [-0.05, 0) is 44.4 Å². The summed E-state index contributed by atoms with van der Waals surface area (Å²) in [6, 6.07) is 6.98. The molecule has 0 aliphatic heterocycles. The predicted molar refractivity (Wildman–Crippen MR) is 69.3 cm³/mol. The molecule has 0 aliphatic rings. The van der Waals surface area contributed by atoms with E-state index in [1.807, 2.05) is 19.9 Å². The molecule has 0 saturated carbocycles. The van der Waals surface area contributed by atoms with Crippen molar-refractivity contribution in [3.63, 3.8) is 0 Å². The largest absolute Gasteiger partial charge is 0.328 e. The Balaban J connectivity index is 2.57. The highest BCUT2D eigenvalue weighted by Crippen LogP contribution is 2.10. The van der Waals surface area contributed by atoms with Crippen molar-refractivity contribution in [2.45, 2.75) is 37.6 Å². The highest BCUT2D eigenvalue weighted by atomic mass is 32.2. The van der Waals surface area contributed by atoms with E-state index in [4.69, 9.17) is 5.73 Å². The van der Waals surface area contributed by atoms with Gasteiger partial charge < -0.3 is 5.73 Å². The maximum atomic E-state index is 11.9. The zero-order valence-electron chi connectivity index (χ0n) is 10.3. The molecule has 0 spiro atoms. The summed E-state index contributed by atoms with van der Waals surface area (Å²) in [6.07, 6.45) is 1.57. The fourth-order valence-corrected chi connectivity index (χ4v) is 2.67. The Hall–Kier alpha value is -0.910. The lowest BCUT2D eigenvalue weighted by Gasteiger charge is -2.08. The van der Waals surface area contributed by atoms with Gasteiger partial charge in [-0.3, -0.25) is 0 Å². The van der Waals surface area contributed by atoms with Gasteiger partial charge >= 0.3 is 0 Å². The van der Waals surface area contributed by atoms with Crippen LogP contribution in [0.15, 0.2) is 29.2 Å². The van der Waals surface area contributed by atoms with Gasteiger partial charge in [0, 0.05) is 12.6 Å². The second-order valence-corrected chi connectivity index (χ2v) is 6.10. The second kappa shape index (κ2) is 6.14. The number of hydrogen-bond acceptors (Lipinski definition) is 3. The molecule has 1 unspecified atom stereocenters. The molecule has 1 aromatic carbocycles. The van der Waals surface area contributed by atoms with Crippen molar-refractivity contribution in [1.82, 2.24) is 4.72 Å². The summed E-state index contributed by atoms with van der Waals surface area (Å²) in [6.45, 7) is 4.21. The standard InChI is InChI=1S/C12H20N2O2S/c1-10-5-3-7-12(9-10)17(15,16)14-8-4-6-11(2)13/h3,5,7,9,11,14H,4,6,8,13H2,1-2H3. The van der Waals surface area contributed by atoms with Crippen LogP contribution in [0.4, 0.5) is 0 Å². The van der Waals surface area contributed by atoms with Crippen LogP contribution in [0.5, 0.6) is 0 Å². The van der Waals surface area contributed by atoms with Gasteiger partial charge in [0.2, 0.25) is 10.0 Å². The van der Waals surface area contributed by atoms with Gasteiger partial charge in [-0.15, -0.1) is 0 Å². The van der Waals surface area contributed by atoms with Crippen molar-refractivity contribution in [2.24, 2.45) is 5.73 Å². The Morgan fingerprint density at radius 3 is 2.71 bits per heavy atom. The molecule has 0 bridgehead atoms. The Bertz CT molecular complexity index is 455. The quantitative estimate of drug-likeness (QED) is 0.756. The Morgan fingerprint density at radius 2 is 2.12 bits per heavy atom. The van der Waals surface area contributed by atoms with Crippen molar-refractivity contribution in [1.29, 1.82) is 0 Å². The topological polar surface area (TPSA) is 72.2 Å². The lowest BCUT2D eigenvalue weighted by atomic mass is 10.2. The lowest BCUT2D eigenvalue weighted by Crippen LogP contribution is -2.26. The summed E-state index contributed by atoms with van der Waals surface area (Å²) < 4.78 is 26.3. The molecule has 5 heteroatoms. The molecule has 0 saturated heterocycles. The van der Waals surface area contributed by atoms with Crippen LogP contribution in [-0.4, -0.2) is 21.0 Å². The zero-order chi connectivity index (χ0) is 12.9. The fraction of sp³-hybridized carbons (Fsp3) is 0.500. The first-order chi connectivity index (χ1) is 7.92. The molecule has 0 aliphatic carbocycles. The zero-order valence-corrected chi connectivity index (χ0v) is 11.1. The number of sulfonamides is 1. The highest BCUT2D eigenvalue weighted by molar-refractivity contribution is 7.89. The second-order valence-electron chi connectivity index (χ2n) is 4.33. The number of rotatable bonds is 6. The van der Waals surface area contributed by atoms with Crippen LogP contribution < -0.4 is 10.5 Å². The third-order valence-corrected chi connectivity index (χ3v) is 3.89. The van der Waals surface area contributed by atoms with Gasteiger partial charge in [-0.25, -0.2) is 13.1 Å². The first-order valence-electron chi connectivity index (χ1n) is 5.74. The molecule has 17 heavy (non-hydrogen) atoms. The van der Waals surface area contributed by atoms with Crippen molar-refractivity contribution in [3.05, 3.63) is 29.8 Å². The Labute approximate surface area is 103 Å². The van der Waals surface area contributed by atoms with E-state index in [9.17, 15) is 8.42 Å². The normalized spacial score (nSPS) is 13.6. The van der Waals surface area contributed by atoms with E-state index < -0.39 is 10.0 Å². The van der Waals surface area contributed by atoms with Crippen LogP contribution in [0.3, 0.4) is 0 Å². The molecular weight excluding hydrogens is 236 g/mol. The van der Waals surface area contributed by atoms with Crippen molar-refractivity contribution < 1.29 is 8.42 Å². The predicted octanol–water partition coefficient (Wildman–Crippen LogP) is 1.40. The smallest absolute Gasteiger partial charge is 0.240 e. The summed E-state index contributed by atoms with van der Waals surface area (Å²) in [5, 5.41) is 0. The molecule has 1 aromatic rings. The average molecular weight is 256 g/mol. The van der Waals surface area contributed by atoms with Crippen LogP contribution in [0.1, 0.15) is 25.3 Å². The van der Waals surface area contributed by atoms with Gasteiger partial charge in [-0.1, -0.05) is 12.1 Å². The molecule has 3 N–H and O–H groups in total. The first-order valence-corrected chi connectivity index (χ1v) is 7.22. The molecule has 1 atom stereocenters. The van der Waals surface area contributed by atoms with Gasteiger partial charge in [0.05, 0.1) is 4.90 Å². The van der Waals surface area contributed by atoms with Crippen molar-refractivity contribution in [2.75, 3.05) is 6.54 Å². The molecule has 0 heterocycles. The summed E-state index contributed by atoms with van der Waals surface area (Å²) in [5.41, 5.74) is 6.53. The minimum Gasteiger partial charge on any atom is -0.328 e. The van der Waals surface area contributed by atoms with E-state index in [-0.39, 0.29) is 6.04 Å². The van der Waals surface area contributed by atoms with E-state index in [0.29, 0.717) is 11.4 Å². The summed E-state index contributed by atoms with van der Waals surface area (Å²) in [4.78, 5) is 0.318. The maximum absolute atomic E-state index is 11.9.